The van der Waals surface area contributed by atoms with Gasteiger partial charge in [0.15, 0.2) is 0 Å². The first kappa shape index (κ1) is 25.0. The summed E-state index contributed by atoms with van der Waals surface area (Å²) in [5.74, 6) is -1.27. The van der Waals surface area contributed by atoms with Crippen molar-refractivity contribution in [1.29, 1.82) is 0 Å². The number of rotatable bonds is 6. The maximum Gasteiger partial charge on any atom is 0.321 e. The zero-order chi connectivity index (χ0) is 23.4. The topological polar surface area (TPSA) is 87.5 Å². The number of carbonyl (C=O) groups is 2. The van der Waals surface area contributed by atoms with E-state index in [0.29, 0.717) is 16.8 Å². The minimum absolute atomic E-state index is 0. The minimum Gasteiger partial charge on any atom is -0.334 e. The molecule has 0 unspecified atom stereocenters. The van der Waals surface area contributed by atoms with Crippen molar-refractivity contribution in [2.24, 2.45) is 5.73 Å². The van der Waals surface area contributed by atoms with Gasteiger partial charge in [0.2, 0.25) is 5.91 Å². The highest BCUT2D eigenvalue weighted by molar-refractivity contribution is 5.96. The van der Waals surface area contributed by atoms with Gasteiger partial charge in [-0.1, -0.05) is 60.7 Å². The molecule has 176 valence electrons. The number of anilines is 1. The molecule has 0 saturated heterocycles. The van der Waals surface area contributed by atoms with Crippen LogP contribution in [0.4, 0.5) is 14.9 Å². The van der Waals surface area contributed by atoms with Gasteiger partial charge in [-0.2, -0.15) is 0 Å². The van der Waals surface area contributed by atoms with E-state index in [1.807, 2.05) is 60.7 Å². The number of hydrogen-bond donors (Lipinski definition) is 3. The molecule has 4 N–H and O–H groups in total. The second-order valence-electron chi connectivity index (χ2n) is 7.93. The van der Waals surface area contributed by atoms with Crippen molar-refractivity contribution in [3.8, 4) is 0 Å². The highest BCUT2D eigenvalue weighted by Crippen LogP contribution is 2.28. The van der Waals surface area contributed by atoms with Crippen LogP contribution in [0.1, 0.15) is 22.6 Å². The number of carbonyl (C=O) groups excluding carboxylic acids is 2. The van der Waals surface area contributed by atoms with E-state index >= 15 is 0 Å². The van der Waals surface area contributed by atoms with E-state index < -0.39 is 17.8 Å². The van der Waals surface area contributed by atoms with Crippen molar-refractivity contribution >= 4 is 35.6 Å². The summed E-state index contributed by atoms with van der Waals surface area (Å²) in [4.78, 5) is 26.0. The Hall–Kier alpha value is -3.68. The van der Waals surface area contributed by atoms with Crippen LogP contribution >= 0.6 is 12.4 Å². The van der Waals surface area contributed by atoms with Gasteiger partial charge in [-0.15, -0.1) is 12.4 Å². The highest BCUT2D eigenvalue weighted by atomic mass is 35.5. The molecule has 8 heteroatoms. The third-order valence-electron chi connectivity index (χ3n) is 5.66. The maximum atomic E-state index is 14.8. The van der Waals surface area contributed by atoms with Crippen LogP contribution in [0.5, 0.6) is 0 Å². The van der Waals surface area contributed by atoms with Gasteiger partial charge < -0.3 is 21.3 Å². The molecular formula is C26H26ClFN4O2. The molecule has 1 aliphatic rings. The molecule has 0 bridgehead atoms. The standard InChI is InChI=1S/C26H25FN4O2.ClH/c1-31-16-19(15-29-26(31)33)21-13-12-20(14-22(21)27)30-25(32)24(28)23(17-8-4-2-5-9-17)18-10-6-3-7-11-18;/h2-14,16,23-24H,15,28H2,1H3,(H,29,33)(H,30,32);1H/t24-;/m0./s1. The molecule has 34 heavy (non-hydrogen) atoms. The highest BCUT2D eigenvalue weighted by Gasteiger charge is 2.28. The van der Waals surface area contributed by atoms with Crippen LogP contribution < -0.4 is 16.4 Å². The number of amides is 3. The average Bonchev–Trinajstić information content (AvgIpc) is 2.82. The van der Waals surface area contributed by atoms with Crippen LogP contribution in [0.2, 0.25) is 0 Å². The first-order chi connectivity index (χ1) is 15.9. The molecule has 3 aromatic carbocycles. The molecule has 0 aromatic heterocycles. The monoisotopic (exact) mass is 480 g/mol. The fourth-order valence-electron chi connectivity index (χ4n) is 3.96. The van der Waals surface area contributed by atoms with Gasteiger partial charge in [0.1, 0.15) is 5.82 Å². The van der Waals surface area contributed by atoms with E-state index in [2.05, 4.69) is 10.6 Å². The third kappa shape index (κ3) is 5.44. The molecule has 0 aliphatic carbocycles. The average molecular weight is 481 g/mol. The number of nitrogens with zero attached hydrogens (tertiary/aromatic N) is 1. The van der Waals surface area contributed by atoms with Crippen molar-refractivity contribution in [2.45, 2.75) is 12.0 Å². The lowest BCUT2D eigenvalue weighted by molar-refractivity contribution is -0.117. The maximum absolute atomic E-state index is 14.8. The molecule has 6 nitrogen and oxygen atoms in total. The van der Waals surface area contributed by atoms with E-state index in [1.165, 1.54) is 11.0 Å². The molecule has 0 fully saturated rings. The Morgan fingerprint density at radius 3 is 2.15 bits per heavy atom. The smallest absolute Gasteiger partial charge is 0.321 e. The quantitative estimate of drug-likeness (QED) is 0.490. The van der Waals surface area contributed by atoms with Crippen LogP contribution in [-0.4, -0.2) is 36.5 Å². The summed E-state index contributed by atoms with van der Waals surface area (Å²) < 4.78 is 14.8. The van der Waals surface area contributed by atoms with Crippen molar-refractivity contribution in [2.75, 3.05) is 18.9 Å². The predicted molar refractivity (Wildman–Crippen MR) is 134 cm³/mol. The Morgan fingerprint density at radius 2 is 1.62 bits per heavy atom. The molecule has 1 aliphatic heterocycles. The van der Waals surface area contributed by atoms with E-state index in [1.54, 1.807) is 25.4 Å². The van der Waals surface area contributed by atoms with Gasteiger partial charge in [-0.25, -0.2) is 9.18 Å². The van der Waals surface area contributed by atoms with Crippen LogP contribution in [0.3, 0.4) is 0 Å². The summed E-state index contributed by atoms with van der Waals surface area (Å²) in [7, 11) is 1.60. The summed E-state index contributed by atoms with van der Waals surface area (Å²) in [6, 6.07) is 22.5. The summed E-state index contributed by atoms with van der Waals surface area (Å²) in [5, 5.41) is 5.42. The molecule has 1 atom stereocenters. The molecule has 0 saturated carbocycles. The molecule has 3 amide bonds. The summed E-state index contributed by atoms with van der Waals surface area (Å²) in [6.45, 7) is 0.229. The minimum atomic E-state index is -0.887. The molecule has 1 heterocycles. The van der Waals surface area contributed by atoms with Gasteiger partial charge >= 0.3 is 6.03 Å². The van der Waals surface area contributed by atoms with E-state index in [-0.39, 0.29) is 30.9 Å². The molecule has 0 radical (unpaired) electrons. The number of nitrogens with two attached hydrogens (primary N) is 1. The lowest BCUT2D eigenvalue weighted by atomic mass is 9.85. The zero-order valence-corrected chi connectivity index (χ0v) is 19.4. The second kappa shape index (κ2) is 11.0. The van der Waals surface area contributed by atoms with Gasteiger partial charge in [0, 0.05) is 37.0 Å². The van der Waals surface area contributed by atoms with Crippen LogP contribution in [0.15, 0.2) is 85.1 Å². The number of nitrogens with one attached hydrogen (secondary N) is 2. The normalized spacial score (nSPS) is 14.1. The fraction of sp³-hybridized carbons (Fsp3) is 0.154. The van der Waals surface area contributed by atoms with Crippen molar-refractivity contribution < 1.29 is 14.0 Å². The molecule has 3 aromatic rings. The fourth-order valence-corrected chi connectivity index (χ4v) is 3.96. The van der Waals surface area contributed by atoms with Crippen molar-refractivity contribution in [3.63, 3.8) is 0 Å². The largest absolute Gasteiger partial charge is 0.334 e. The van der Waals surface area contributed by atoms with Gasteiger partial charge in [-0.3, -0.25) is 4.79 Å². The summed E-state index contributed by atoms with van der Waals surface area (Å²) in [5.41, 5.74) is 9.57. The van der Waals surface area contributed by atoms with E-state index in [9.17, 15) is 14.0 Å². The Bertz CT molecular complexity index is 1150. The van der Waals surface area contributed by atoms with Gasteiger partial charge in [-0.05, 0) is 34.9 Å². The van der Waals surface area contributed by atoms with E-state index in [0.717, 1.165) is 11.1 Å². The summed E-state index contributed by atoms with van der Waals surface area (Å²) in [6.07, 6.45) is 1.59. The van der Waals surface area contributed by atoms with Crippen LogP contribution in [0.25, 0.3) is 5.57 Å². The van der Waals surface area contributed by atoms with Crippen molar-refractivity contribution in [3.05, 3.63) is 108 Å². The SMILES string of the molecule is CN1C=C(c2ccc(NC(=O)[C@@H](N)C(c3ccccc3)c3ccccc3)cc2F)CNC1=O.Cl. The number of hydrogen-bond acceptors (Lipinski definition) is 3. The van der Waals surface area contributed by atoms with Crippen LogP contribution in [-0.2, 0) is 4.79 Å². The third-order valence-corrected chi connectivity index (χ3v) is 5.66. The van der Waals surface area contributed by atoms with E-state index in [4.69, 9.17) is 5.73 Å². The lowest BCUT2D eigenvalue weighted by Crippen LogP contribution is -2.41. The zero-order valence-electron chi connectivity index (χ0n) is 18.6. The number of halogens is 2. The lowest BCUT2D eigenvalue weighted by Gasteiger charge is -2.25. The van der Waals surface area contributed by atoms with Gasteiger partial charge in [0.25, 0.3) is 0 Å². The Kier molecular flexibility index (Phi) is 8.04. The van der Waals surface area contributed by atoms with Crippen LogP contribution in [0, 0.1) is 5.82 Å². The first-order valence-corrected chi connectivity index (χ1v) is 10.6. The summed E-state index contributed by atoms with van der Waals surface area (Å²) >= 11 is 0. The number of urea groups is 1. The predicted octanol–water partition coefficient (Wildman–Crippen LogP) is 4.34. The van der Waals surface area contributed by atoms with Gasteiger partial charge in [0.05, 0.1) is 6.04 Å². The first-order valence-electron chi connectivity index (χ1n) is 10.6. The molecular weight excluding hydrogens is 455 g/mol. The molecule has 4 rings (SSSR count). The Morgan fingerprint density at radius 1 is 1.03 bits per heavy atom. The number of benzene rings is 3. The molecule has 0 spiro atoms. The van der Waals surface area contributed by atoms with Crippen molar-refractivity contribution in [1.82, 2.24) is 10.2 Å². The Balaban J connectivity index is 0.00000324. The Labute approximate surface area is 204 Å². The second-order valence-corrected chi connectivity index (χ2v) is 7.93.